The molecule has 1 unspecified atom stereocenters. The highest BCUT2D eigenvalue weighted by Crippen LogP contribution is 2.45. The largest absolute Gasteiger partial charge is 0.297 e. The lowest BCUT2D eigenvalue weighted by atomic mass is 9.74. The van der Waals surface area contributed by atoms with Gasteiger partial charge in [0.05, 0.1) is 6.07 Å². The van der Waals surface area contributed by atoms with E-state index in [0.717, 1.165) is 37.0 Å². The second-order valence-electron chi connectivity index (χ2n) is 4.78. The Morgan fingerprint density at radius 2 is 2.29 bits per heavy atom. The minimum atomic E-state index is -0.548. The summed E-state index contributed by atoms with van der Waals surface area (Å²) in [5, 5.41) is 11.2. The summed E-state index contributed by atoms with van der Waals surface area (Å²) < 4.78 is 0. The Balaban J connectivity index is 2.26. The normalized spacial score (nSPS) is 19.8. The van der Waals surface area contributed by atoms with Gasteiger partial charge in [-0.25, -0.2) is 0 Å². The first-order valence-electron chi connectivity index (χ1n) is 6.21. The first-order valence-corrected chi connectivity index (χ1v) is 7.09. The van der Waals surface area contributed by atoms with Crippen LogP contribution in [0.25, 0.3) is 0 Å². The third-order valence-electron chi connectivity index (χ3n) is 3.98. The molecule has 0 aromatic carbocycles. The summed E-state index contributed by atoms with van der Waals surface area (Å²) in [5.41, 5.74) is -0.218. The molecule has 1 aromatic rings. The average Bonchev–Trinajstić information content (AvgIpc) is 3.01. The van der Waals surface area contributed by atoms with Gasteiger partial charge >= 0.3 is 0 Å². The SMILES string of the molecule is CCC1(C(=O)C(C#N)c2cccs2)CCCC1. The van der Waals surface area contributed by atoms with E-state index in [-0.39, 0.29) is 11.2 Å². The molecule has 0 bridgehead atoms. The molecule has 1 aliphatic rings. The van der Waals surface area contributed by atoms with Crippen LogP contribution in [0.5, 0.6) is 0 Å². The van der Waals surface area contributed by atoms with E-state index in [1.807, 2.05) is 17.5 Å². The Bertz CT molecular complexity index is 424. The number of Topliss-reactive ketones (excluding diaryl/α,β-unsaturated/α-hetero) is 1. The van der Waals surface area contributed by atoms with Crippen LogP contribution in [-0.2, 0) is 4.79 Å². The number of nitrogens with zero attached hydrogens (tertiary/aromatic N) is 1. The van der Waals surface area contributed by atoms with Gasteiger partial charge in [0.1, 0.15) is 5.92 Å². The van der Waals surface area contributed by atoms with Crippen LogP contribution in [0.3, 0.4) is 0 Å². The maximum absolute atomic E-state index is 12.6. The predicted molar refractivity (Wildman–Crippen MR) is 68.9 cm³/mol. The molecule has 0 aliphatic heterocycles. The summed E-state index contributed by atoms with van der Waals surface area (Å²) in [5.74, 6) is -0.393. The molecule has 1 aliphatic carbocycles. The summed E-state index contributed by atoms with van der Waals surface area (Å²) in [7, 11) is 0. The zero-order chi connectivity index (χ0) is 12.3. The van der Waals surface area contributed by atoms with Crippen LogP contribution in [0.4, 0.5) is 0 Å². The molecule has 0 spiro atoms. The lowest BCUT2D eigenvalue weighted by Crippen LogP contribution is -2.31. The molecule has 3 heteroatoms. The Morgan fingerprint density at radius 3 is 2.76 bits per heavy atom. The summed E-state index contributed by atoms with van der Waals surface area (Å²) in [4.78, 5) is 13.5. The molecule has 0 N–H and O–H groups in total. The van der Waals surface area contributed by atoms with E-state index in [1.165, 1.54) is 11.3 Å². The number of carbonyl (C=O) groups excluding carboxylic acids is 1. The number of thiophene rings is 1. The third-order valence-corrected chi connectivity index (χ3v) is 4.92. The Morgan fingerprint density at radius 1 is 1.59 bits per heavy atom. The number of hydrogen-bond acceptors (Lipinski definition) is 3. The number of carbonyl (C=O) groups is 1. The van der Waals surface area contributed by atoms with Crippen molar-refractivity contribution in [3.05, 3.63) is 22.4 Å². The molecule has 1 heterocycles. The first kappa shape index (κ1) is 12.3. The summed E-state index contributed by atoms with van der Waals surface area (Å²) in [6.45, 7) is 2.08. The summed E-state index contributed by atoms with van der Waals surface area (Å²) in [6.07, 6.45) is 5.05. The standard InChI is InChI=1S/C14H17NOS/c1-2-14(7-3-4-8-14)13(16)11(10-15)12-6-5-9-17-12/h5-6,9,11H,2-4,7-8H2,1H3. The molecule has 0 saturated heterocycles. The predicted octanol–water partition coefficient (Wildman–Crippen LogP) is 3.89. The summed E-state index contributed by atoms with van der Waals surface area (Å²) >= 11 is 1.51. The molecular weight excluding hydrogens is 230 g/mol. The van der Waals surface area contributed by atoms with E-state index >= 15 is 0 Å². The zero-order valence-electron chi connectivity index (χ0n) is 10.1. The second kappa shape index (κ2) is 5.01. The van der Waals surface area contributed by atoms with Crippen LogP contribution in [0.1, 0.15) is 49.8 Å². The van der Waals surface area contributed by atoms with Crippen molar-refractivity contribution in [3.63, 3.8) is 0 Å². The molecular formula is C14H17NOS. The van der Waals surface area contributed by atoms with Gasteiger partial charge in [0.25, 0.3) is 0 Å². The zero-order valence-corrected chi connectivity index (χ0v) is 10.9. The Kier molecular flexibility index (Phi) is 3.63. The van der Waals surface area contributed by atoms with Gasteiger partial charge in [-0.15, -0.1) is 11.3 Å². The lowest BCUT2D eigenvalue weighted by Gasteiger charge is -2.27. The van der Waals surface area contributed by atoms with Gasteiger partial charge in [0.2, 0.25) is 0 Å². The highest BCUT2D eigenvalue weighted by atomic mass is 32.1. The van der Waals surface area contributed by atoms with Crippen LogP contribution < -0.4 is 0 Å². The van der Waals surface area contributed by atoms with Gasteiger partial charge < -0.3 is 0 Å². The number of hydrogen-bond donors (Lipinski definition) is 0. The van der Waals surface area contributed by atoms with Gasteiger partial charge in [0, 0.05) is 10.3 Å². The van der Waals surface area contributed by atoms with Crippen molar-refractivity contribution in [2.24, 2.45) is 5.41 Å². The highest BCUT2D eigenvalue weighted by Gasteiger charge is 2.43. The highest BCUT2D eigenvalue weighted by molar-refractivity contribution is 7.10. The molecule has 0 amide bonds. The van der Waals surface area contributed by atoms with Crippen molar-refractivity contribution in [2.45, 2.75) is 44.9 Å². The fraction of sp³-hybridized carbons (Fsp3) is 0.571. The first-order chi connectivity index (χ1) is 8.23. The van der Waals surface area contributed by atoms with Crippen LogP contribution in [-0.4, -0.2) is 5.78 Å². The number of ketones is 1. The van der Waals surface area contributed by atoms with E-state index in [9.17, 15) is 10.1 Å². The molecule has 1 atom stereocenters. The van der Waals surface area contributed by atoms with Gasteiger partial charge in [-0.2, -0.15) is 5.26 Å². The second-order valence-corrected chi connectivity index (χ2v) is 5.76. The average molecular weight is 247 g/mol. The molecule has 1 fully saturated rings. The lowest BCUT2D eigenvalue weighted by molar-refractivity contribution is -0.129. The minimum absolute atomic E-state index is 0.155. The van der Waals surface area contributed by atoms with Crippen molar-refractivity contribution >= 4 is 17.1 Å². The minimum Gasteiger partial charge on any atom is -0.297 e. The summed E-state index contributed by atoms with van der Waals surface area (Å²) in [6, 6.07) is 6.01. The van der Waals surface area contributed by atoms with Crippen LogP contribution in [0.15, 0.2) is 17.5 Å². The Hall–Kier alpha value is -1.14. The van der Waals surface area contributed by atoms with Crippen LogP contribution in [0, 0.1) is 16.7 Å². The molecule has 1 saturated carbocycles. The maximum Gasteiger partial charge on any atom is 0.161 e. The quantitative estimate of drug-likeness (QED) is 0.809. The topological polar surface area (TPSA) is 40.9 Å². The van der Waals surface area contributed by atoms with Crippen molar-refractivity contribution in [1.29, 1.82) is 5.26 Å². The molecule has 17 heavy (non-hydrogen) atoms. The van der Waals surface area contributed by atoms with Crippen LogP contribution in [0.2, 0.25) is 0 Å². The number of nitriles is 1. The molecule has 2 rings (SSSR count). The maximum atomic E-state index is 12.6. The van der Waals surface area contributed by atoms with Gasteiger partial charge in [-0.3, -0.25) is 4.79 Å². The van der Waals surface area contributed by atoms with Gasteiger partial charge in [-0.05, 0) is 30.7 Å². The molecule has 0 radical (unpaired) electrons. The van der Waals surface area contributed by atoms with E-state index in [4.69, 9.17) is 0 Å². The smallest absolute Gasteiger partial charge is 0.161 e. The Labute approximate surface area is 106 Å². The van der Waals surface area contributed by atoms with E-state index in [1.54, 1.807) is 0 Å². The fourth-order valence-corrected chi connectivity index (χ4v) is 3.61. The van der Waals surface area contributed by atoms with Crippen molar-refractivity contribution in [3.8, 4) is 6.07 Å². The molecule has 2 nitrogen and oxygen atoms in total. The van der Waals surface area contributed by atoms with Crippen LogP contribution >= 0.6 is 11.3 Å². The van der Waals surface area contributed by atoms with E-state index in [0.29, 0.717) is 0 Å². The van der Waals surface area contributed by atoms with Crippen molar-refractivity contribution < 1.29 is 4.79 Å². The van der Waals surface area contributed by atoms with E-state index < -0.39 is 5.92 Å². The van der Waals surface area contributed by atoms with E-state index in [2.05, 4.69) is 13.0 Å². The van der Waals surface area contributed by atoms with Gasteiger partial charge in [-0.1, -0.05) is 25.8 Å². The van der Waals surface area contributed by atoms with Crippen molar-refractivity contribution in [1.82, 2.24) is 0 Å². The van der Waals surface area contributed by atoms with Crippen molar-refractivity contribution in [2.75, 3.05) is 0 Å². The number of rotatable bonds is 4. The third kappa shape index (κ3) is 2.14. The fourth-order valence-electron chi connectivity index (χ4n) is 2.84. The molecule has 1 aromatic heterocycles. The monoisotopic (exact) mass is 247 g/mol. The van der Waals surface area contributed by atoms with Gasteiger partial charge in [0.15, 0.2) is 5.78 Å². The molecule has 90 valence electrons.